The Morgan fingerprint density at radius 1 is 1.56 bits per heavy atom. The van der Waals surface area contributed by atoms with Gasteiger partial charge in [0.2, 0.25) is 5.91 Å². The standard InChI is InChI=1S/C12H13N3O3/c1-2-3-4-13-10-7-9-8(6-12(16)14-9)5-11(10)15(17)18/h2,5,7,13H,1,3-4,6H2,(H,14,16). The molecule has 94 valence electrons. The van der Waals surface area contributed by atoms with Gasteiger partial charge in [0, 0.05) is 18.3 Å². The van der Waals surface area contributed by atoms with Gasteiger partial charge in [-0.3, -0.25) is 14.9 Å². The van der Waals surface area contributed by atoms with Crippen molar-refractivity contribution in [2.75, 3.05) is 17.2 Å². The molecule has 0 unspecified atom stereocenters. The van der Waals surface area contributed by atoms with E-state index in [1.54, 1.807) is 12.1 Å². The van der Waals surface area contributed by atoms with Crippen molar-refractivity contribution in [2.45, 2.75) is 12.8 Å². The Kier molecular flexibility index (Phi) is 3.27. The van der Waals surface area contributed by atoms with Crippen molar-refractivity contribution in [2.24, 2.45) is 0 Å². The minimum atomic E-state index is -0.445. The number of carbonyl (C=O) groups excluding carboxylic acids is 1. The van der Waals surface area contributed by atoms with Crippen molar-refractivity contribution >= 4 is 23.0 Å². The third-order valence-corrected chi connectivity index (χ3v) is 2.71. The van der Waals surface area contributed by atoms with Crippen molar-refractivity contribution < 1.29 is 9.72 Å². The highest BCUT2D eigenvalue weighted by Gasteiger charge is 2.24. The van der Waals surface area contributed by atoms with Crippen LogP contribution in [0.5, 0.6) is 0 Å². The number of carbonyl (C=O) groups is 1. The number of benzene rings is 1. The summed E-state index contributed by atoms with van der Waals surface area (Å²) in [5.74, 6) is -0.137. The Hall–Kier alpha value is -2.37. The van der Waals surface area contributed by atoms with Crippen LogP contribution < -0.4 is 10.6 Å². The molecule has 0 aromatic heterocycles. The van der Waals surface area contributed by atoms with E-state index in [1.165, 1.54) is 6.07 Å². The molecule has 1 heterocycles. The lowest BCUT2D eigenvalue weighted by atomic mass is 10.1. The summed E-state index contributed by atoms with van der Waals surface area (Å²) in [6, 6.07) is 3.06. The summed E-state index contributed by atoms with van der Waals surface area (Å²) in [6.07, 6.45) is 2.64. The van der Waals surface area contributed by atoms with Gasteiger partial charge in [-0.1, -0.05) is 6.08 Å². The van der Waals surface area contributed by atoms with E-state index in [0.717, 1.165) is 0 Å². The van der Waals surface area contributed by atoms with Gasteiger partial charge in [0.15, 0.2) is 0 Å². The fourth-order valence-electron chi connectivity index (χ4n) is 1.86. The normalized spacial score (nSPS) is 12.8. The number of amides is 1. The SMILES string of the molecule is C=CCCNc1cc2c(cc1[N+](=O)[O-])CC(=O)N2. The lowest BCUT2D eigenvalue weighted by Crippen LogP contribution is -2.05. The lowest BCUT2D eigenvalue weighted by Gasteiger charge is -2.08. The zero-order valence-corrected chi connectivity index (χ0v) is 9.73. The van der Waals surface area contributed by atoms with Gasteiger partial charge in [-0.15, -0.1) is 6.58 Å². The van der Waals surface area contributed by atoms with Crippen LogP contribution in [0.2, 0.25) is 0 Å². The highest BCUT2D eigenvalue weighted by Crippen LogP contribution is 2.34. The van der Waals surface area contributed by atoms with Crippen molar-refractivity contribution in [3.63, 3.8) is 0 Å². The summed E-state index contributed by atoms with van der Waals surface area (Å²) in [5.41, 5.74) is 1.73. The molecule has 0 atom stereocenters. The van der Waals surface area contributed by atoms with Gasteiger partial charge in [-0.25, -0.2) is 0 Å². The van der Waals surface area contributed by atoms with Crippen LogP contribution in [0, 0.1) is 10.1 Å². The molecule has 2 N–H and O–H groups in total. The van der Waals surface area contributed by atoms with E-state index in [0.29, 0.717) is 29.9 Å². The van der Waals surface area contributed by atoms with Gasteiger partial charge in [0.25, 0.3) is 5.69 Å². The predicted molar refractivity (Wildman–Crippen MR) is 68.7 cm³/mol. The number of hydrogen-bond donors (Lipinski definition) is 2. The predicted octanol–water partition coefficient (Wildman–Crippen LogP) is 2.08. The minimum Gasteiger partial charge on any atom is -0.379 e. The summed E-state index contributed by atoms with van der Waals surface area (Å²) in [7, 11) is 0. The number of nitro groups is 1. The molecule has 1 aliphatic heterocycles. The number of anilines is 2. The molecular formula is C12H13N3O3. The fourth-order valence-corrected chi connectivity index (χ4v) is 1.86. The smallest absolute Gasteiger partial charge is 0.292 e. The van der Waals surface area contributed by atoms with Crippen molar-refractivity contribution in [3.05, 3.63) is 40.5 Å². The molecule has 0 saturated heterocycles. The first kappa shape index (κ1) is 12.1. The van der Waals surface area contributed by atoms with E-state index in [9.17, 15) is 14.9 Å². The largest absolute Gasteiger partial charge is 0.379 e. The molecule has 0 radical (unpaired) electrons. The number of nitrogens with one attached hydrogen (secondary N) is 2. The zero-order valence-electron chi connectivity index (χ0n) is 9.73. The van der Waals surface area contributed by atoms with E-state index in [2.05, 4.69) is 17.2 Å². The molecular weight excluding hydrogens is 234 g/mol. The van der Waals surface area contributed by atoms with Crippen LogP contribution in [0.3, 0.4) is 0 Å². The average molecular weight is 247 g/mol. The maximum absolute atomic E-state index is 11.2. The van der Waals surface area contributed by atoms with E-state index >= 15 is 0 Å². The third kappa shape index (κ3) is 2.32. The first-order valence-corrected chi connectivity index (χ1v) is 5.57. The van der Waals surface area contributed by atoms with E-state index < -0.39 is 4.92 Å². The molecule has 2 rings (SSSR count). The van der Waals surface area contributed by atoms with Gasteiger partial charge >= 0.3 is 0 Å². The zero-order chi connectivity index (χ0) is 13.1. The molecule has 1 aromatic rings. The average Bonchev–Trinajstić information content (AvgIpc) is 2.67. The molecule has 1 amide bonds. The molecule has 0 saturated carbocycles. The van der Waals surface area contributed by atoms with Crippen LogP contribution in [-0.4, -0.2) is 17.4 Å². The molecule has 0 aliphatic carbocycles. The monoisotopic (exact) mass is 247 g/mol. The first-order chi connectivity index (χ1) is 8.61. The van der Waals surface area contributed by atoms with Crippen LogP contribution in [0.4, 0.5) is 17.1 Å². The second-order valence-electron chi connectivity index (χ2n) is 4.01. The molecule has 0 spiro atoms. The lowest BCUT2D eigenvalue weighted by molar-refractivity contribution is -0.384. The Labute approximate surface area is 104 Å². The van der Waals surface area contributed by atoms with Crippen LogP contribution in [-0.2, 0) is 11.2 Å². The van der Waals surface area contributed by atoms with Gasteiger partial charge in [0.05, 0.1) is 11.3 Å². The number of hydrogen-bond acceptors (Lipinski definition) is 4. The van der Waals surface area contributed by atoms with Gasteiger partial charge in [-0.2, -0.15) is 0 Å². The summed E-state index contributed by atoms with van der Waals surface area (Å²) in [5, 5.41) is 16.6. The first-order valence-electron chi connectivity index (χ1n) is 5.57. The number of nitro benzene ring substituents is 1. The molecule has 6 heteroatoms. The number of rotatable bonds is 5. The molecule has 18 heavy (non-hydrogen) atoms. The Balaban J connectivity index is 2.32. The van der Waals surface area contributed by atoms with Crippen molar-refractivity contribution in [3.8, 4) is 0 Å². The number of fused-ring (bicyclic) bond motifs is 1. The molecule has 0 bridgehead atoms. The summed E-state index contributed by atoms with van der Waals surface area (Å²) < 4.78 is 0. The fraction of sp³-hybridized carbons (Fsp3) is 0.250. The topological polar surface area (TPSA) is 84.3 Å². The Morgan fingerprint density at radius 2 is 2.33 bits per heavy atom. The third-order valence-electron chi connectivity index (χ3n) is 2.71. The second kappa shape index (κ2) is 4.87. The minimum absolute atomic E-state index is 0.00527. The van der Waals surface area contributed by atoms with E-state index in [4.69, 9.17) is 0 Å². The number of nitrogens with zero attached hydrogens (tertiary/aromatic N) is 1. The summed E-state index contributed by atoms with van der Waals surface area (Å²) in [4.78, 5) is 21.8. The highest BCUT2D eigenvalue weighted by molar-refractivity contribution is 6.00. The maximum Gasteiger partial charge on any atom is 0.292 e. The van der Waals surface area contributed by atoms with E-state index in [1.807, 2.05) is 0 Å². The summed E-state index contributed by atoms with van der Waals surface area (Å²) >= 11 is 0. The van der Waals surface area contributed by atoms with Crippen molar-refractivity contribution in [1.82, 2.24) is 0 Å². The van der Waals surface area contributed by atoms with Gasteiger partial charge < -0.3 is 10.6 Å². The Bertz CT molecular complexity index is 526. The Morgan fingerprint density at radius 3 is 3.00 bits per heavy atom. The van der Waals surface area contributed by atoms with Crippen LogP contribution in [0.1, 0.15) is 12.0 Å². The molecule has 1 aliphatic rings. The van der Waals surface area contributed by atoms with Crippen LogP contribution in [0.25, 0.3) is 0 Å². The summed E-state index contributed by atoms with van der Waals surface area (Å²) in [6.45, 7) is 4.15. The second-order valence-corrected chi connectivity index (χ2v) is 4.01. The quantitative estimate of drug-likeness (QED) is 0.361. The highest BCUT2D eigenvalue weighted by atomic mass is 16.6. The molecule has 1 aromatic carbocycles. The molecule has 6 nitrogen and oxygen atoms in total. The molecule has 0 fully saturated rings. The maximum atomic E-state index is 11.2. The van der Waals surface area contributed by atoms with Crippen molar-refractivity contribution in [1.29, 1.82) is 0 Å². The van der Waals surface area contributed by atoms with E-state index in [-0.39, 0.29) is 18.0 Å². The van der Waals surface area contributed by atoms with Crippen LogP contribution in [0.15, 0.2) is 24.8 Å². The van der Waals surface area contributed by atoms with Gasteiger partial charge in [-0.05, 0) is 18.1 Å². The van der Waals surface area contributed by atoms with Crippen LogP contribution >= 0.6 is 0 Å². The van der Waals surface area contributed by atoms with Gasteiger partial charge in [0.1, 0.15) is 5.69 Å².